The van der Waals surface area contributed by atoms with Crippen LogP contribution in [0.3, 0.4) is 0 Å². The molecule has 1 N–H and O–H groups in total. The minimum absolute atomic E-state index is 0.226. The first kappa shape index (κ1) is 24.1. The molecule has 0 fully saturated rings. The van der Waals surface area contributed by atoms with E-state index in [1.165, 1.54) is 0 Å². The van der Waals surface area contributed by atoms with Crippen molar-refractivity contribution in [1.29, 1.82) is 0 Å². The lowest BCUT2D eigenvalue weighted by atomic mass is 10.0. The number of benzene rings is 3. The van der Waals surface area contributed by atoms with Gasteiger partial charge in [0.25, 0.3) is 5.91 Å². The van der Waals surface area contributed by atoms with E-state index in [0.717, 1.165) is 45.8 Å². The molecule has 0 bridgehead atoms. The number of carbonyl (C=O) groups is 1. The first-order valence-electron chi connectivity index (χ1n) is 12.3. The van der Waals surface area contributed by atoms with Crippen molar-refractivity contribution >= 4 is 5.91 Å². The van der Waals surface area contributed by atoms with E-state index in [1.54, 1.807) is 6.07 Å². The molecular weight excluding hydrogens is 464 g/mol. The Morgan fingerprint density at radius 3 is 2.46 bits per heavy atom. The number of aryl methyl sites for hydroxylation is 1. The van der Waals surface area contributed by atoms with E-state index in [9.17, 15) is 4.79 Å². The van der Waals surface area contributed by atoms with Gasteiger partial charge in [0, 0.05) is 35.5 Å². The summed E-state index contributed by atoms with van der Waals surface area (Å²) in [6, 6.07) is 27.2. The number of hydrogen-bond acceptors (Lipinski definition) is 5. The normalized spacial score (nSPS) is 10.9. The first-order chi connectivity index (χ1) is 18.1. The van der Waals surface area contributed by atoms with Gasteiger partial charge in [-0.3, -0.25) is 4.79 Å². The molecule has 0 aliphatic carbocycles. The van der Waals surface area contributed by atoms with Crippen LogP contribution in [0.5, 0.6) is 5.75 Å². The predicted octanol–water partition coefficient (Wildman–Crippen LogP) is 6.22. The Kier molecular flexibility index (Phi) is 7.12. The van der Waals surface area contributed by atoms with Gasteiger partial charge >= 0.3 is 0 Å². The molecule has 0 radical (unpaired) electrons. The molecule has 5 rings (SSSR count). The fraction of sp³-hybridized carbons (Fsp3) is 0.167. The Morgan fingerprint density at radius 2 is 1.73 bits per heavy atom. The highest BCUT2D eigenvalue weighted by atomic mass is 16.5. The van der Waals surface area contributed by atoms with E-state index in [0.29, 0.717) is 12.4 Å². The minimum Gasteiger partial charge on any atom is -0.493 e. The molecule has 0 spiro atoms. The standard InChI is InChI=1S/C30H28N4O3/c1-3-16-36-27-15-14-23(17-21(27)2)29-24(20-34(32-29)25-12-8-5-9-13-25)19-31-30(35)26-18-28(37-33-26)22-10-6-4-7-11-22/h4-15,17-18,20H,3,16,19H2,1-2H3,(H,31,35). The molecule has 1 amide bonds. The quantitative estimate of drug-likeness (QED) is 0.264. The Labute approximate surface area is 215 Å². The summed E-state index contributed by atoms with van der Waals surface area (Å²) < 4.78 is 13.1. The van der Waals surface area contributed by atoms with Gasteiger partial charge in [0.2, 0.25) is 0 Å². The number of amides is 1. The lowest BCUT2D eigenvalue weighted by Gasteiger charge is -2.10. The number of carbonyl (C=O) groups excluding carboxylic acids is 1. The molecule has 7 nitrogen and oxygen atoms in total. The third kappa shape index (κ3) is 5.46. The Hall–Kier alpha value is -4.65. The molecule has 0 saturated heterocycles. The van der Waals surface area contributed by atoms with Crippen LogP contribution in [-0.2, 0) is 6.54 Å². The van der Waals surface area contributed by atoms with E-state index in [4.69, 9.17) is 14.4 Å². The topological polar surface area (TPSA) is 82.2 Å². The third-order valence-electron chi connectivity index (χ3n) is 5.96. The van der Waals surface area contributed by atoms with Crippen molar-refractivity contribution in [3.05, 3.63) is 108 Å². The summed E-state index contributed by atoms with van der Waals surface area (Å²) in [6.45, 7) is 5.07. The van der Waals surface area contributed by atoms with Gasteiger partial charge < -0.3 is 14.6 Å². The molecule has 0 aliphatic rings. The number of hydrogen-bond donors (Lipinski definition) is 1. The highest BCUT2D eigenvalue weighted by molar-refractivity contribution is 5.93. The summed E-state index contributed by atoms with van der Waals surface area (Å²) >= 11 is 0. The molecule has 0 aliphatic heterocycles. The molecule has 186 valence electrons. The summed E-state index contributed by atoms with van der Waals surface area (Å²) in [5.41, 5.74) is 5.68. The largest absolute Gasteiger partial charge is 0.493 e. The number of nitrogens with one attached hydrogen (secondary N) is 1. The van der Waals surface area contributed by atoms with Gasteiger partial charge in [-0.25, -0.2) is 4.68 Å². The van der Waals surface area contributed by atoms with Gasteiger partial charge in [0.15, 0.2) is 11.5 Å². The average Bonchev–Trinajstić information content (AvgIpc) is 3.60. The Bertz CT molecular complexity index is 1490. The van der Waals surface area contributed by atoms with Crippen molar-refractivity contribution in [3.8, 4) is 34.0 Å². The second-order valence-electron chi connectivity index (χ2n) is 8.74. The minimum atomic E-state index is -0.316. The summed E-state index contributed by atoms with van der Waals surface area (Å²) in [5, 5.41) is 11.8. The van der Waals surface area contributed by atoms with Crippen molar-refractivity contribution in [1.82, 2.24) is 20.3 Å². The van der Waals surface area contributed by atoms with E-state index in [-0.39, 0.29) is 18.1 Å². The van der Waals surface area contributed by atoms with Gasteiger partial charge in [0.05, 0.1) is 18.0 Å². The molecule has 0 saturated carbocycles. The number of nitrogens with zero attached hydrogens (tertiary/aromatic N) is 3. The maximum Gasteiger partial charge on any atom is 0.273 e. The Morgan fingerprint density at radius 1 is 0.973 bits per heavy atom. The van der Waals surface area contributed by atoms with Gasteiger partial charge in [-0.1, -0.05) is 60.6 Å². The van der Waals surface area contributed by atoms with Crippen LogP contribution in [0.15, 0.2) is 95.6 Å². The van der Waals surface area contributed by atoms with Crippen LogP contribution < -0.4 is 10.1 Å². The second-order valence-corrected chi connectivity index (χ2v) is 8.74. The van der Waals surface area contributed by atoms with Crippen LogP contribution in [0.25, 0.3) is 28.3 Å². The van der Waals surface area contributed by atoms with Crippen LogP contribution in [0.4, 0.5) is 0 Å². The summed E-state index contributed by atoms with van der Waals surface area (Å²) in [4.78, 5) is 12.9. The smallest absolute Gasteiger partial charge is 0.273 e. The zero-order chi connectivity index (χ0) is 25.6. The number of ether oxygens (including phenoxy) is 1. The zero-order valence-corrected chi connectivity index (χ0v) is 20.8. The van der Waals surface area contributed by atoms with E-state index in [2.05, 4.69) is 23.5 Å². The number of rotatable bonds is 9. The van der Waals surface area contributed by atoms with Crippen LogP contribution >= 0.6 is 0 Å². The monoisotopic (exact) mass is 492 g/mol. The molecule has 7 heteroatoms. The van der Waals surface area contributed by atoms with Crippen LogP contribution in [0.1, 0.15) is 35.0 Å². The fourth-order valence-electron chi connectivity index (χ4n) is 4.05. The van der Waals surface area contributed by atoms with Crippen LogP contribution in [-0.4, -0.2) is 27.5 Å². The van der Waals surface area contributed by atoms with Crippen molar-refractivity contribution in [2.75, 3.05) is 6.61 Å². The summed E-state index contributed by atoms with van der Waals surface area (Å²) in [7, 11) is 0. The molecule has 3 aromatic carbocycles. The average molecular weight is 493 g/mol. The van der Waals surface area contributed by atoms with Crippen molar-refractivity contribution in [2.45, 2.75) is 26.8 Å². The molecule has 2 heterocycles. The third-order valence-corrected chi connectivity index (χ3v) is 5.96. The number of aromatic nitrogens is 3. The number of para-hydroxylation sites is 1. The summed E-state index contributed by atoms with van der Waals surface area (Å²) in [5.74, 6) is 1.09. The molecule has 5 aromatic rings. The van der Waals surface area contributed by atoms with Crippen molar-refractivity contribution < 1.29 is 14.1 Å². The SMILES string of the molecule is CCCOc1ccc(-c2nn(-c3ccccc3)cc2CNC(=O)c2cc(-c3ccccc3)on2)cc1C. The predicted molar refractivity (Wildman–Crippen MR) is 143 cm³/mol. The van der Waals surface area contributed by atoms with Crippen molar-refractivity contribution in [2.24, 2.45) is 0 Å². The maximum absolute atomic E-state index is 12.9. The van der Waals surface area contributed by atoms with E-state index in [1.807, 2.05) is 90.6 Å². The van der Waals surface area contributed by atoms with Crippen molar-refractivity contribution in [3.63, 3.8) is 0 Å². The van der Waals surface area contributed by atoms with Gasteiger partial charge in [0.1, 0.15) is 5.75 Å². The lowest BCUT2D eigenvalue weighted by molar-refractivity contribution is 0.0942. The molecular formula is C30H28N4O3. The fourth-order valence-corrected chi connectivity index (χ4v) is 4.05. The summed E-state index contributed by atoms with van der Waals surface area (Å²) in [6.07, 6.45) is 2.89. The second kappa shape index (κ2) is 11.0. The molecule has 37 heavy (non-hydrogen) atoms. The highest BCUT2D eigenvalue weighted by Crippen LogP contribution is 2.29. The molecule has 0 atom stereocenters. The molecule has 2 aromatic heterocycles. The van der Waals surface area contributed by atoms with Crippen LogP contribution in [0, 0.1) is 6.92 Å². The molecule has 0 unspecified atom stereocenters. The van der Waals surface area contributed by atoms with Gasteiger partial charge in [-0.15, -0.1) is 0 Å². The maximum atomic E-state index is 12.9. The van der Waals surface area contributed by atoms with Gasteiger partial charge in [-0.2, -0.15) is 5.10 Å². The zero-order valence-electron chi connectivity index (χ0n) is 20.8. The van der Waals surface area contributed by atoms with Gasteiger partial charge in [-0.05, 0) is 49.2 Å². The highest BCUT2D eigenvalue weighted by Gasteiger charge is 2.17. The van der Waals surface area contributed by atoms with E-state index < -0.39 is 0 Å². The van der Waals surface area contributed by atoms with E-state index >= 15 is 0 Å². The lowest BCUT2D eigenvalue weighted by Crippen LogP contribution is -2.23. The Balaban J connectivity index is 1.40. The first-order valence-corrected chi connectivity index (χ1v) is 12.3. The van der Waals surface area contributed by atoms with Crippen LogP contribution in [0.2, 0.25) is 0 Å².